The second-order valence-electron chi connectivity index (χ2n) is 3.59. The van der Waals surface area contributed by atoms with Gasteiger partial charge in [0.1, 0.15) is 5.92 Å². The van der Waals surface area contributed by atoms with E-state index in [4.69, 9.17) is 0 Å². The summed E-state index contributed by atoms with van der Waals surface area (Å²) in [5, 5.41) is 0. The van der Waals surface area contributed by atoms with E-state index in [1.54, 1.807) is 38.5 Å². The number of amides is 1. The first kappa shape index (κ1) is 13.2. The van der Waals surface area contributed by atoms with Crippen molar-refractivity contribution in [1.82, 2.24) is 4.98 Å². The summed E-state index contributed by atoms with van der Waals surface area (Å²) < 4.78 is 4.61. The Kier molecular flexibility index (Phi) is 4.63. The Labute approximate surface area is 100 Å². The summed E-state index contributed by atoms with van der Waals surface area (Å²) >= 11 is 0. The predicted octanol–water partition coefficient (Wildman–Crippen LogP) is 1.24. The summed E-state index contributed by atoms with van der Waals surface area (Å²) in [6.07, 6.45) is 3.61. The molecule has 0 aliphatic carbocycles. The standard InChI is InChI=1S/C12H16N2O3/c1-4-10(12(16)17-3)11(15)14(2)9-6-5-7-13-8-9/h5-8,10H,4H2,1-3H3. The van der Waals surface area contributed by atoms with Crippen molar-refractivity contribution in [3.63, 3.8) is 0 Å². The molecule has 1 rings (SSSR count). The van der Waals surface area contributed by atoms with Gasteiger partial charge in [0.05, 0.1) is 19.0 Å². The van der Waals surface area contributed by atoms with E-state index in [-0.39, 0.29) is 5.91 Å². The van der Waals surface area contributed by atoms with Crippen LogP contribution in [0.2, 0.25) is 0 Å². The molecular formula is C12H16N2O3. The minimum absolute atomic E-state index is 0.285. The van der Waals surface area contributed by atoms with Crippen LogP contribution in [-0.2, 0) is 14.3 Å². The monoisotopic (exact) mass is 236 g/mol. The van der Waals surface area contributed by atoms with Crippen LogP contribution in [0.1, 0.15) is 13.3 Å². The Morgan fingerprint density at radius 2 is 2.24 bits per heavy atom. The van der Waals surface area contributed by atoms with Gasteiger partial charge < -0.3 is 9.64 Å². The topological polar surface area (TPSA) is 59.5 Å². The van der Waals surface area contributed by atoms with E-state index in [0.717, 1.165) is 0 Å². The number of pyridine rings is 1. The van der Waals surface area contributed by atoms with Crippen LogP contribution in [0.25, 0.3) is 0 Å². The summed E-state index contributed by atoms with van der Waals surface area (Å²) in [7, 11) is 2.90. The highest BCUT2D eigenvalue weighted by atomic mass is 16.5. The number of rotatable bonds is 4. The second kappa shape index (κ2) is 5.98. The van der Waals surface area contributed by atoms with Gasteiger partial charge in [-0.15, -0.1) is 0 Å². The molecule has 1 heterocycles. The maximum absolute atomic E-state index is 12.1. The number of aromatic nitrogens is 1. The van der Waals surface area contributed by atoms with Crippen LogP contribution in [0.15, 0.2) is 24.5 Å². The van der Waals surface area contributed by atoms with Crippen LogP contribution >= 0.6 is 0 Å². The lowest BCUT2D eigenvalue weighted by Crippen LogP contribution is -2.37. The molecule has 0 aliphatic rings. The fourth-order valence-electron chi connectivity index (χ4n) is 1.50. The van der Waals surface area contributed by atoms with Crippen molar-refractivity contribution in [2.24, 2.45) is 5.92 Å². The third-order valence-electron chi connectivity index (χ3n) is 2.56. The van der Waals surface area contributed by atoms with E-state index in [1.807, 2.05) is 0 Å². The summed E-state index contributed by atoms with van der Waals surface area (Å²) in [6.45, 7) is 1.77. The first-order chi connectivity index (χ1) is 8.11. The van der Waals surface area contributed by atoms with E-state index in [9.17, 15) is 9.59 Å². The highest BCUT2D eigenvalue weighted by Crippen LogP contribution is 2.15. The summed E-state index contributed by atoms with van der Waals surface area (Å²) in [5.74, 6) is -1.55. The highest BCUT2D eigenvalue weighted by molar-refractivity contribution is 6.05. The molecule has 1 amide bonds. The molecule has 1 unspecified atom stereocenters. The molecular weight excluding hydrogens is 220 g/mol. The quantitative estimate of drug-likeness (QED) is 0.583. The smallest absolute Gasteiger partial charge is 0.318 e. The Balaban J connectivity index is 2.85. The summed E-state index contributed by atoms with van der Waals surface area (Å²) in [5.41, 5.74) is 0.653. The fourth-order valence-corrected chi connectivity index (χ4v) is 1.50. The van der Waals surface area contributed by atoms with Gasteiger partial charge >= 0.3 is 5.97 Å². The number of carbonyl (C=O) groups excluding carboxylic acids is 2. The van der Waals surface area contributed by atoms with Crippen molar-refractivity contribution in [1.29, 1.82) is 0 Å². The van der Waals surface area contributed by atoms with Crippen LogP contribution in [-0.4, -0.2) is 31.0 Å². The van der Waals surface area contributed by atoms with E-state index in [0.29, 0.717) is 12.1 Å². The Bertz CT molecular complexity index is 392. The lowest BCUT2D eigenvalue weighted by molar-refractivity contribution is -0.149. The minimum Gasteiger partial charge on any atom is -0.468 e. The molecule has 0 bridgehead atoms. The van der Waals surface area contributed by atoms with Crippen molar-refractivity contribution in [2.75, 3.05) is 19.1 Å². The molecule has 0 aromatic carbocycles. The van der Waals surface area contributed by atoms with Crippen LogP contribution in [0.4, 0.5) is 5.69 Å². The lowest BCUT2D eigenvalue weighted by Gasteiger charge is -2.21. The number of hydrogen-bond donors (Lipinski definition) is 0. The van der Waals surface area contributed by atoms with Crippen LogP contribution in [0.3, 0.4) is 0 Å². The molecule has 0 radical (unpaired) electrons. The normalized spacial score (nSPS) is 11.7. The molecule has 0 fully saturated rings. The molecule has 5 heteroatoms. The van der Waals surface area contributed by atoms with Crippen LogP contribution < -0.4 is 4.90 Å². The molecule has 0 N–H and O–H groups in total. The molecule has 0 saturated carbocycles. The molecule has 1 aromatic heterocycles. The number of anilines is 1. The summed E-state index contributed by atoms with van der Waals surface area (Å²) in [6, 6.07) is 3.49. The summed E-state index contributed by atoms with van der Waals surface area (Å²) in [4.78, 5) is 28.9. The number of carbonyl (C=O) groups is 2. The fraction of sp³-hybridized carbons (Fsp3) is 0.417. The number of methoxy groups -OCH3 is 1. The zero-order valence-electron chi connectivity index (χ0n) is 10.2. The zero-order valence-corrected chi connectivity index (χ0v) is 10.2. The molecule has 92 valence electrons. The van der Waals surface area contributed by atoms with Crippen molar-refractivity contribution in [3.05, 3.63) is 24.5 Å². The van der Waals surface area contributed by atoms with E-state index in [2.05, 4.69) is 9.72 Å². The predicted molar refractivity (Wildman–Crippen MR) is 63.4 cm³/mol. The Morgan fingerprint density at radius 1 is 1.53 bits per heavy atom. The van der Waals surface area contributed by atoms with E-state index in [1.165, 1.54) is 12.0 Å². The third-order valence-corrected chi connectivity index (χ3v) is 2.56. The second-order valence-corrected chi connectivity index (χ2v) is 3.59. The molecule has 17 heavy (non-hydrogen) atoms. The van der Waals surface area contributed by atoms with Crippen molar-refractivity contribution < 1.29 is 14.3 Å². The molecule has 1 atom stereocenters. The van der Waals surface area contributed by atoms with Gasteiger partial charge in [-0.2, -0.15) is 0 Å². The third kappa shape index (κ3) is 3.03. The van der Waals surface area contributed by atoms with Crippen molar-refractivity contribution in [3.8, 4) is 0 Å². The van der Waals surface area contributed by atoms with Gasteiger partial charge in [-0.25, -0.2) is 0 Å². The van der Waals surface area contributed by atoms with E-state index >= 15 is 0 Å². The van der Waals surface area contributed by atoms with Crippen LogP contribution in [0, 0.1) is 5.92 Å². The number of hydrogen-bond acceptors (Lipinski definition) is 4. The first-order valence-electron chi connectivity index (χ1n) is 5.37. The average molecular weight is 236 g/mol. The Morgan fingerprint density at radius 3 is 2.71 bits per heavy atom. The van der Waals surface area contributed by atoms with Gasteiger partial charge in [-0.3, -0.25) is 14.6 Å². The van der Waals surface area contributed by atoms with Crippen molar-refractivity contribution >= 4 is 17.6 Å². The molecule has 0 spiro atoms. The van der Waals surface area contributed by atoms with Gasteiger partial charge in [0.25, 0.3) is 0 Å². The molecule has 5 nitrogen and oxygen atoms in total. The van der Waals surface area contributed by atoms with Crippen LogP contribution in [0.5, 0.6) is 0 Å². The van der Waals surface area contributed by atoms with E-state index < -0.39 is 11.9 Å². The first-order valence-corrected chi connectivity index (χ1v) is 5.37. The van der Waals surface area contributed by atoms with Gasteiger partial charge in [0, 0.05) is 13.2 Å². The minimum atomic E-state index is -0.759. The SMILES string of the molecule is CCC(C(=O)OC)C(=O)N(C)c1cccnc1. The largest absolute Gasteiger partial charge is 0.468 e. The highest BCUT2D eigenvalue weighted by Gasteiger charge is 2.28. The number of ether oxygens (including phenoxy) is 1. The molecule has 0 saturated heterocycles. The maximum Gasteiger partial charge on any atom is 0.318 e. The van der Waals surface area contributed by atoms with Crippen molar-refractivity contribution in [2.45, 2.75) is 13.3 Å². The average Bonchev–Trinajstić information content (AvgIpc) is 2.39. The lowest BCUT2D eigenvalue weighted by atomic mass is 10.1. The van der Waals surface area contributed by atoms with Gasteiger partial charge in [0.15, 0.2) is 0 Å². The van der Waals surface area contributed by atoms with Gasteiger partial charge in [-0.1, -0.05) is 6.92 Å². The molecule has 0 aliphatic heterocycles. The van der Waals surface area contributed by atoms with Gasteiger partial charge in [0.2, 0.25) is 5.91 Å². The molecule has 1 aromatic rings. The zero-order chi connectivity index (χ0) is 12.8. The number of esters is 1. The van der Waals surface area contributed by atoms with Gasteiger partial charge in [-0.05, 0) is 18.6 Å². The number of nitrogens with zero attached hydrogens (tertiary/aromatic N) is 2. The maximum atomic E-state index is 12.1. The Hall–Kier alpha value is -1.91.